The largest absolute Gasteiger partial charge is 0.467 e. The van der Waals surface area contributed by atoms with E-state index in [-0.39, 0.29) is 17.7 Å². The van der Waals surface area contributed by atoms with Gasteiger partial charge in [-0.15, -0.1) is 11.3 Å². The van der Waals surface area contributed by atoms with Crippen molar-refractivity contribution >= 4 is 63.8 Å². The van der Waals surface area contributed by atoms with Crippen LogP contribution in [0.5, 0.6) is 5.75 Å². The van der Waals surface area contributed by atoms with Crippen molar-refractivity contribution in [3.05, 3.63) is 71.3 Å². The minimum absolute atomic E-state index is 0.162. The van der Waals surface area contributed by atoms with E-state index >= 15 is 0 Å². The maximum absolute atomic E-state index is 14.1. The maximum atomic E-state index is 14.1. The molecular weight excluding hydrogens is 552 g/mol. The van der Waals surface area contributed by atoms with E-state index in [1.807, 2.05) is 43.9 Å². The number of methoxy groups -OCH3 is 1. The number of hydrogen-bond acceptors (Lipinski definition) is 3. The maximum Gasteiger partial charge on any atom is 0.416 e. The molecule has 0 saturated heterocycles. The van der Waals surface area contributed by atoms with Crippen molar-refractivity contribution in [2.75, 3.05) is 13.9 Å². The Kier molecular flexibility index (Phi) is 8.13. The number of fused-ring (bicyclic) bond motifs is 1. The highest BCUT2D eigenvalue weighted by molar-refractivity contribution is 7.99. The summed E-state index contributed by atoms with van der Waals surface area (Å²) in [6, 6.07) is 17.0. The topological polar surface area (TPSA) is 18.5 Å². The van der Waals surface area contributed by atoms with Gasteiger partial charge in [-0.2, -0.15) is 13.2 Å². The Morgan fingerprint density at radius 2 is 1.54 bits per heavy atom. The molecule has 0 aliphatic rings. The Balaban J connectivity index is 1.99. The summed E-state index contributed by atoms with van der Waals surface area (Å²) in [5.74, 6) is 0.211. The standard InChI is InChI=1S/C28H29ClF3O2PSSi/c1-17-10-9-11-18(2)23(17)25-19-12-7-8-13-20(19)27(36-25)35(29)22-15-14-21(28(30,31)32)26(37(4,5)6)24(22)34-16-33-3/h7-15H,16H2,1-6H3. The second-order valence-electron chi connectivity index (χ2n) is 9.96. The molecule has 3 aromatic carbocycles. The molecular formula is C28H29ClF3O2PSSi. The van der Waals surface area contributed by atoms with E-state index in [0.717, 1.165) is 31.4 Å². The number of benzene rings is 3. The molecule has 0 saturated carbocycles. The molecule has 4 rings (SSSR count). The van der Waals surface area contributed by atoms with Crippen LogP contribution in [0.3, 0.4) is 0 Å². The van der Waals surface area contributed by atoms with Crippen molar-refractivity contribution in [2.45, 2.75) is 39.7 Å². The van der Waals surface area contributed by atoms with E-state index in [9.17, 15) is 13.2 Å². The summed E-state index contributed by atoms with van der Waals surface area (Å²) in [7, 11) is -2.61. The summed E-state index contributed by atoms with van der Waals surface area (Å²) in [6.07, 6.45) is -4.50. The zero-order valence-electron chi connectivity index (χ0n) is 21.6. The molecule has 0 fully saturated rings. The van der Waals surface area contributed by atoms with E-state index in [2.05, 4.69) is 32.0 Å². The van der Waals surface area contributed by atoms with Crippen LogP contribution in [0.15, 0.2) is 54.6 Å². The van der Waals surface area contributed by atoms with Gasteiger partial charge in [0.15, 0.2) is 6.79 Å². The first-order chi connectivity index (χ1) is 17.4. The number of thiophene rings is 1. The van der Waals surface area contributed by atoms with E-state index in [1.54, 1.807) is 11.3 Å². The molecule has 0 aliphatic carbocycles. The van der Waals surface area contributed by atoms with Crippen LogP contribution in [0.25, 0.3) is 21.2 Å². The van der Waals surface area contributed by atoms with Gasteiger partial charge in [0, 0.05) is 28.1 Å². The predicted octanol–water partition coefficient (Wildman–Crippen LogP) is 8.32. The van der Waals surface area contributed by atoms with E-state index in [0.29, 0.717) is 5.30 Å². The molecule has 1 heterocycles. The highest BCUT2D eigenvalue weighted by Gasteiger charge is 2.41. The average molecular weight is 581 g/mol. The van der Waals surface area contributed by atoms with Crippen molar-refractivity contribution in [3.8, 4) is 16.2 Å². The summed E-state index contributed by atoms with van der Waals surface area (Å²) in [6.45, 7) is 9.68. The summed E-state index contributed by atoms with van der Waals surface area (Å²) in [5, 5.41) is 2.90. The molecule has 37 heavy (non-hydrogen) atoms. The molecule has 0 bridgehead atoms. The molecule has 0 N–H and O–H groups in total. The lowest BCUT2D eigenvalue weighted by Gasteiger charge is -2.28. The molecule has 0 spiro atoms. The third kappa shape index (κ3) is 5.48. The number of rotatable bonds is 7. The van der Waals surface area contributed by atoms with Gasteiger partial charge in [0.05, 0.1) is 25.5 Å². The van der Waals surface area contributed by atoms with E-state index in [4.69, 9.17) is 20.7 Å². The molecule has 0 aliphatic heterocycles. The Morgan fingerprint density at radius 3 is 2.11 bits per heavy atom. The highest BCUT2D eigenvalue weighted by Crippen LogP contribution is 2.50. The zero-order chi connectivity index (χ0) is 27.1. The number of alkyl halides is 3. The fourth-order valence-electron chi connectivity index (χ4n) is 4.66. The second-order valence-corrected chi connectivity index (χ2v) is 18.8. The number of halogens is 4. The van der Waals surface area contributed by atoms with Crippen LogP contribution in [-0.2, 0) is 10.9 Å². The smallest absolute Gasteiger partial charge is 0.416 e. The number of hydrogen-bond donors (Lipinski definition) is 0. The van der Waals surface area contributed by atoms with E-state index < -0.39 is 27.1 Å². The Labute approximate surface area is 226 Å². The van der Waals surface area contributed by atoms with Crippen molar-refractivity contribution < 1.29 is 22.6 Å². The van der Waals surface area contributed by atoms with Crippen LogP contribution in [0.1, 0.15) is 16.7 Å². The lowest BCUT2D eigenvalue weighted by Crippen LogP contribution is -2.45. The Hall–Kier alpha value is -1.89. The molecule has 196 valence electrons. The van der Waals surface area contributed by atoms with Gasteiger partial charge in [0.2, 0.25) is 0 Å². The SMILES string of the molecule is COCOc1c(P(Cl)c2sc(-c3c(C)cccc3C)c3ccccc23)ccc(C(F)(F)F)c1[Si](C)(C)C. The van der Waals surface area contributed by atoms with Gasteiger partial charge in [0.1, 0.15) is 5.75 Å². The molecule has 1 unspecified atom stereocenters. The van der Waals surface area contributed by atoms with Gasteiger partial charge in [0.25, 0.3) is 0 Å². The lowest BCUT2D eigenvalue weighted by atomic mass is 9.99. The minimum atomic E-state index is -4.50. The third-order valence-corrected chi connectivity index (χ3v) is 12.8. The molecule has 4 aromatic rings. The molecule has 0 amide bonds. The molecule has 0 radical (unpaired) electrons. The van der Waals surface area contributed by atoms with Crippen molar-refractivity contribution in [2.24, 2.45) is 0 Å². The normalized spacial score (nSPS) is 13.2. The Bertz CT molecular complexity index is 1430. The molecule has 1 atom stereocenters. The Morgan fingerprint density at radius 1 is 0.919 bits per heavy atom. The molecule has 9 heteroatoms. The summed E-state index contributed by atoms with van der Waals surface area (Å²) in [4.78, 5) is 1.12. The summed E-state index contributed by atoms with van der Waals surface area (Å²) >= 11 is 8.86. The minimum Gasteiger partial charge on any atom is -0.467 e. The van der Waals surface area contributed by atoms with Crippen molar-refractivity contribution in [3.63, 3.8) is 0 Å². The fraction of sp³-hybridized carbons (Fsp3) is 0.286. The second kappa shape index (κ2) is 10.7. The van der Waals surface area contributed by atoms with Crippen molar-refractivity contribution in [1.29, 1.82) is 0 Å². The first-order valence-electron chi connectivity index (χ1n) is 11.8. The first-order valence-corrected chi connectivity index (χ1v) is 18.3. The first kappa shape index (κ1) is 28.1. The van der Waals surface area contributed by atoms with Gasteiger partial charge in [-0.05, 0) is 47.9 Å². The third-order valence-electron chi connectivity index (χ3n) is 6.21. The summed E-state index contributed by atoms with van der Waals surface area (Å²) in [5.41, 5.74) is 2.84. The average Bonchev–Trinajstić information content (AvgIpc) is 3.19. The van der Waals surface area contributed by atoms with E-state index in [1.165, 1.54) is 24.8 Å². The van der Waals surface area contributed by atoms with Crippen LogP contribution in [0.4, 0.5) is 13.2 Å². The van der Waals surface area contributed by atoms with Gasteiger partial charge in [-0.3, -0.25) is 0 Å². The lowest BCUT2D eigenvalue weighted by molar-refractivity contribution is -0.136. The van der Waals surface area contributed by atoms with Crippen LogP contribution in [0.2, 0.25) is 19.6 Å². The molecule has 1 aromatic heterocycles. The monoisotopic (exact) mass is 580 g/mol. The highest BCUT2D eigenvalue weighted by atomic mass is 35.7. The number of ether oxygens (including phenoxy) is 2. The number of aryl methyl sites for hydroxylation is 2. The predicted molar refractivity (Wildman–Crippen MR) is 156 cm³/mol. The van der Waals surface area contributed by atoms with Gasteiger partial charge >= 0.3 is 6.18 Å². The van der Waals surface area contributed by atoms with Crippen LogP contribution >= 0.6 is 29.9 Å². The van der Waals surface area contributed by atoms with Gasteiger partial charge < -0.3 is 9.47 Å². The van der Waals surface area contributed by atoms with Gasteiger partial charge in [-0.1, -0.05) is 73.3 Å². The van der Waals surface area contributed by atoms with Crippen LogP contribution in [-0.4, -0.2) is 22.0 Å². The van der Waals surface area contributed by atoms with Crippen LogP contribution in [0, 0.1) is 13.8 Å². The fourth-order valence-corrected chi connectivity index (χ4v) is 10.9. The quantitative estimate of drug-likeness (QED) is 0.124. The zero-order valence-corrected chi connectivity index (χ0v) is 25.1. The van der Waals surface area contributed by atoms with Gasteiger partial charge in [-0.25, -0.2) is 0 Å². The summed E-state index contributed by atoms with van der Waals surface area (Å²) < 4.78 is 54.3. The van der Waals surface area contributed by atoms with Crippen molar-refractivity contribution in [1.82, 2.24) is 0 Å². The van der Waals surface area contributed by atoms with Crippen LogP contribution < -0.4 is 19.8 Å². The molecule has 2 nitrogen and oxygen atoms in total.